The van der Waals surface area contributed by atoms with Crippen molar-refractivity contribution >= 4 is 23.5 Å². The summed E-state index contributed by atoms with van der Waals surface area (Å²) in [5.74, 6) is 0.613. The van der Waals surface area contributed by atoms with Gasteiger partial charge in [0.25, 0.3) is 5.56 Å². The molecule has 0 fully saturated rings. The van der Waals surface area contributed by atoms with Crippen molar-refractivity contribution in [2.45, 2.75) is 43.2 Å². The summed E-state index contributed by atoms with van der Waals surface area (Å²) in [6.45, 7) is 3.90. The van der Waals surface area contributed by atoms with Gasteiger partial charge in [0.05, 0.1) is 11.7 Å². The third kappa shape index (κ3) is 4.55. The van der Waals surface area contributed by atoms with E-state index in [1.54, 1.807) is 29.8 Å². The summed E-state index contributed by atoms with van der Waals surface area (Å²) < 4.78 is 21.4. The fraction of sp³-hybridized carbons (Fsp3) is 0.292. The van der Waals surface area contributed by atoms with Crippen LogP contribution in [0.2, 0.25) is 0 Å². The smallest absolute Gasteiger partial charge is 0.279 e. The maximum absolute atomic E-state index is 14.0. The lowest BCUT2D eigenvalue weighted by atomic mass is 9.87. The van der Waals surface area contributed by atoms with Crippen LogP contribution in [0.1, 0.15) is 42.9 Å². The first kappa shape index (κ1) is 22.1. The lowest BCUT2D eigenvalue weighted by Crippen LogP contribution is -2.33. The lowest BCUT2D eigenvalue weighted by Gasteiger charge is -2.27. The molecule has 2 aromatic carbocycles. The number of nitrogens with one attached hydrogen (secondary N) is 1. The van der Waals surface area contributed by atoms with Crippen molar-refractivity contribution in [1.29, 1.82) is 0 Å². The summed E-state index contributed by atoms with van der Waals surface area (Å²) in [4.78, 5) is 29.8. The molecule has 1 N–H and O–H groups in total. The van der Waals surface area contributed by atoms with Gasteiger partial charge in [0, 0.05) is 25.1 Å². The Morgan fingerprint density at radius 1 is 1.19 bits per heavy atom. The second kappa shape index (κ2) is 9.16. The molecule has 0 spiro atoms. The summed E-state index contributed by atoms with van der Waals surface area (Å²) in [6, 6.07) is 13.9. The molecule has 1 aromatic heterocycles. The molecule has 0 radical (unpaired) electrons. The van der Waals surface area contributed by atoms with Crippen molar-refractivity contribution in [3.63, 3.8) is 0 Å². The third-order valence-electron chi connectivity index (χ3n) is 5.27. The Balaban J connectivity index is 1.67. The zero-order chi connectivity index (χ0) is 22.8. The molecule has 3 aromatic rings. The quantitative estimate of drug-likeness (QED) is 0.440. The van der Waals surface area contributed by atoms with Crippen molar-refractivity contribution in [3.8, 4) is 5.75 Å². The van der Waals surface area contributed by atoms with E-state index in [4.69, 9.17) is 4.74 Å². The number of halogens is 1. The Kier molecular flexibility index (Phi) is 6.32. The van der Waals surface area contributed by atoms with Gasteiger partial charge in [-0.25, -0.2) is 4.39 Å². The molecule has 32 heavy (non-hydrogen) atoms. The second-order valence-electron chi connectivity index (χ2n) is 7.94. The zero-order valence-electron chi connectivity index (χ0n) is 18.1. The number of benzene rings is 2. The van der Waals surface area contributed by atoms with Gasteiger partial charge in [0.2, 0.25) is 5.91 Å². The van der Waals surface area contributed by atoms with Crippen LogP contribution in [0.25, 0.3) is 0 Å². The van der Waals surface area contributed by atoms with Gasteiger partial charge in [-0.05, 0) is 43.2 Å². The number of ether oxygens (including phenoxy) is 1. The largest absolute Gasteiger partial charge is 0.491 e. The van der Waals surface area contributed by atoms with E-state index in [1.807, 2.05) is 38.1 Å². The molecule has 0 saturated carbocycles. The molecule has 0 aliphatic carbocycles. The number of hydrogen-bond acceptors (Lipinski definition) is 5. The molecular formula is C24H24FN3O3S. The van der Waals surface area contributed by atoms with Crippen LogP contribution in [-0.4, -0.2) is 21.6 Å². The number of hydrogen-bond donors (Lipinski definition) is 1. The van der Waals surface area contributed by atoms with E-state index >= 15 is 0 Å². The highest BCUT2D eigenvalue weighted by molar-refractivity contribution is 7.98. The van der Waals surface area contributed by atoms with Crippen molar-refractivity contribution in [2.24, 2.45) is 7.05 Å². The van der Waals surface area contributed by atoms with E-state index < -0.39 is 5.92 Å². The van der Waals surface area contributed by atoms with Crippen molar-refractivity contribution in [3.05, 3.63) is 81.4 Å². The number of rotatable bonds is 6. The molecule has 8 heteroatoms. The summed E-state index contributed by atoms with van der Waals surface area (Å²) in [5.41, 5.74) is 1.44. The molecule has 1 aliphatic heterocycles. The number of anilines is 1. The van der Waals surface area contributed by atoms with Crippen LogP contribution in [0.15, 0.2) is 58.5 Å². The monoisotopic (exact) mass is 453 g/mol. The summed E-state index contributed by atoms with van der Waals surface area (Å²) in [6.07, 6.45) is 0.217. The van der Waals surface area contributed by atoms with Gasteiger partial charge in [-0.15, -0.1) is 0 Å². The van der Waals surface area contributed by atoms with E-state index in [1.165, 1.54) is 17.8 Å². The van der Waals surface area contributed by atoms with Crippen molar-refractivity contribution < 1.29 is 13.9 Å². The van der Waals surface area contributed by atoms with Crippen LogP contribution in [0, 0.1) is 5.82 Å². The Labute approximate surface area is 189 Å². The van der Waals surface area contributed by atoms with Crippen LogP contribution < -0.4 is 15.6 Å². The average Bonchev–Trinajstić information content (AvgIpc) is 2.75. The summed E-state index contributed by atoms with van der Waals surface area (Å²) in [5, 5.41) is 3.24. The maximum atomic E-state index is 14.0. The average molecular weight is 454 g/mol. The minimum absolute atomic E-state index is 0.0545. The van der Waals surface area contributed by atoms with Gasteiger partial charge in [-0.1, -0.05) is 42.1 Å². The molecule has 4 rings (SSSR count). The predicted molar refractivity (Wildman–Crippen MR) is 123 cm³/mol. The van der Waals surface area contributed by atoms with Crippen molar-refractivity contribution in [1.82, 2.24) is 9.55 Å². The van der Waals surface area contributed by atoms with Gasteiger partial charge >= 0.3 is 0 Å². The number of nitrogens with zero attached hydrogens (tertiary/aromatic N) is 2. The number of amides is 1. The molecule has 6 nitrogen and oxygen atoms in total. The fourth-order valence-electron chi connectivity index (χ4n) is 3.76. The minimum Gasteiger partial charge on any atom is -0.491 e. The number of fused-ring (bicyclic) bond motifs is 1. The zero-order valence-corrected chi connectivity index (χ0v) is 18.9. The normalized spacial score (nSPS) is 15.4. The molecular weight excluding hydrogens is 429 g/mol. The Hall–Kier alpha value is -3.13. The van der Waals surface area contributed by atoms with Gasteiger partial charge in [-0.2, -0.15) is 4.98 Å². The Morgan fingerprint density at radius 3 is 2.59 bits per heavy atom. The SMILES string of the molecule is CC(C)Oc1ccc([C@H]2CC(=O)Nc3c2c(=O)nc(SCc2ccccc2F)n3C)cc1. The fourth-order valence-corrected chi connectivity index (χ4v) is 4.71. The second-order valence-corrected chi connectivity index (χ2v) is 8.88. The highest BCUT2D eigenvalue weighted by Gasteiger charge is 2.32. The molecule has 0 bridgehead atoms. The van der Waals surface area contributed by atoms with Gasteiger partial charge in [0.1, 0.15) is 17.4 Å². The molecule has 166 valence electrons. The minimum atomic E-state index is -0.399. The van der Waals surface area contributed by atoms with E-state index in [0.29, 0.717) is 27.9 Å². The van der Waals surface area contributed by atoms with Crippen LogP contribution in [0.5, 0.6) is 5.75 Å². The van der Waals surface area contributed by atoms with Gasteiger partial charge in [-0.3, -0.25) is 9.59 Å². The number of aromatic nitrogens is 2. The number of thioether (sulfide) groups is 1. The van der Waals surface area contributed by atoms with Crippen molar-refractivity contribution in [2.75, 3.05) is 5.32 Å². The highest BCUT2D eigenvalue weighted by Crippen LogP contribution is 2.36. The van der Waals surface area contributed by atoms with Crippen LogP contribution in [0.3, 0.4) is 0 Å². The van der Waals surface area contributed by atoms with Gasteiger partial charge in [0.15, 0.2) is 5.16 Å². The van der Waals surface area contributed by atoms with E-state index in [0.717, 1.165) is 11.3 Å². The Bertz CT molecular complexity index is 1210. The van der Waals surface area contributed by atoms with Crippen LogP contribution in [0.4, 0.5) is 10.2 Å². The lowest BCUT2D eigenvalue weighted by molar-refractivity contribution is -0.116. The highest BCUT2D eigenvalue weighted by atomic mass is 32.2. The molecule has 1 aliphatic rings. The molecule has 0 unspecified atom stereocenters. The topological polar surface area (TPSA) is 73.2 Å². The van der Waals surface area contributed by atoms with Gasteiger partial charge < -0.3 is 14.6 Å². The van der Waals surface area contributed by atoms with E-state index in [9.17, 15) is 14.0 Å². The predicted octanol–water partition coefficient (Wildman–Crippen LogP) is 4.47. The summed E-state index contributed by atoms with van der Waals surface area (Å²) >= 11 is 1.25. The first-order chi connectivity index (χ1) is 15.3. The first-order valence-electron chi connectivity index (χ1n) is 10.4. The molecule has 0 saturated heterocycles. The Morgan fingerprint density at radius 2 is 1.91 bits per heavy atom. The summed E-state index contributed by atoms with van der Waals surface area (Å²) in [7, 11) is 1.75. The van der Waals surface area contributed by atoms with Crippen LogP contribution in [-0.2, 0) is 17.6 Å². The first-order valence-corrected chi connectivity index (χ1v) is 11.4. The molecule has 2 heterocycles. The van der Waals surface area contributed by atoms with E-state index in [-0.39, 0.29) is 29.8 Å². The van der Waals surface area contributed by atoms with Crippen LogP contribution >= 0.6 is 11.8 Å². The molecule has 1 atom stereocenters. The van der Waals surface area contributed by atoms with E-state index in [2.05, 4.69) is 10.3 Å². The standard InChI is InChI=1S/C24H24FN3O3S/c1-14(2)31-17-10-8-15(9-11-17)18-12-20(29)26-22-21(18)23(30)27-24(28(22)3)32-13-16-6-4-5-7-19(16)25/h4-11,14,18H,12-13H2,1-3H3,(H,26,29)/t18-/m1/s1. The maximum Gasteiger partial charge on any atom is 0.279 e. The third-order valence-corrected chi connectivity index (χ3v) is 6.35. The number of carbonyl (C=O) groups is 1. The molecule has 1 amide bonds. The number of carbonyl (C=O) groups excluding carboxylic acids is 1.